The van der Waals surface area contributed by atoms with E-state index in [1.807, 2.05) is 62.4 Å². The molecule has 0 aliphatic rings. The number of aromatic nitrogens is 1. The minimum atomic E-state index is -0.947. The molecule has 0 saturated carbocycles. The molecule has 4 rings (SSSR count). The average molecular weight is 470 g/mol. The van der Waals surface area contributed by atoms with Crippen molar-refractivity contribution in [3.63, 3.8) is 0 Å². The zero-order chi connectivity index (χ0) is 24.2. The number of halogens is 1. The van der Waals surface area contributed by atoms with Gasteiger partial charge in [0.25, 0.3) is 0 Å². The maximum atomic E-state index is 13.2. The molecule has 170 valence electrons. The number of hydrogen-bond acceptors (Lipinski definition) is 3. The summed E-state index contributed by atoms with van der Waals surface area (Å²) >= 11 is 6.20. The van der Waals surface area contributed by atoms with Crippen LogP contribution in [0, 0.1) is 13.8 Å². The zero-order valence-electron chi connectivity index (χ0n) is 19.0. The van der Waals surface area contributed by atoms with Gasteiger partial charge in [-0.1, -0.05) is 54.1 Å². The molecule has 0 bridgehead atoms. The molecule has 5 heteroatoms. The lowest BCUT2D eigenvalue weighted by atomic mass is 9.83. The van der Waals surface area contributed by atoms with E-state index < -0.39 is 5.97 Å². The Bertz CT molecular complexity index is 1340. The van der Waals surface area contributed by atoms with Crippen LogP contribution < -0.4 is 0 Å². The summed E-state index contributed by atoms with van der Waals surface area (Å²) in [6.45, 7) is 3.88. The number of nitrogens with zero attached hydrogens (tertiary/aromatic N) is 1. The summed E-state index contributed by atoms with van der Waals surface area (Å²) in [5.74, 6) is -1.03. The predicted molar refractivity (Wildman–Crippen MR) is 135 cm³/mol. The van der Waals surface area contributed by atoms with E-state index in [2.05, 4.69) is 4.98 Å². The van der Waals surface area contributed by atoms with Gasteiger partial charge in [0.05, 0.1) is 5.56 Å². The molecular formula is C29H24ClNO3. The third kappa shape index (κ3) is 5.24. The van der Waals surface area contributed by atoms with E-state index in [0.717, 1.165) is 33.5 Å². The highest BCUT2D eigenvalue weighted by Crippen LogP contribution is 2.34. The molecule has 1 atom stereocenters. The van der Waals surface area contributed by atoms with E-state index in [1.165, 1.54) is 0 Å². The Morgan fingerprint density at radius 1 is 0.853 bits per heavy atom. The molecule has 0 amide bonds. The normalized spacial score (nSPS) is 11.7. The van der Waals surface area contributed by atoms with Crippen molar-refractivity contribution < 1.29 is 14.7 Å². The van der Waals surface area contributed by atoms with Gasteiger partial charge in [0.1, 0.15) is 0 Å². The number of hydrogen-bond donors (Lipinski definition) is 1. The highest BCUT2D eigenvalue weighted by Gasteiger charge is 2.21. The Hall–Kier alpha value is -3.76. The van der Waals surface area contributed by atoms with Crippen LogP contribution in [0.1, 0.15) is 55.4 Å². The number of carbonyl (C=O) groups excluding carboxylic acids is 1. The number of ketones is 1. The molecule has 4 aromatic rings. The summed E-state index contributed by atoms with van der Waals surface area (Å²) in [4.78, 5) is 28.5. The number of aromatic carboxylic acids is 1. The Balaban J connectivity index is 1.68. The molecule has 3 aromatic carbocycles. The van der Waals surface area contributed by atoms with E-state index in [9.17, 15) is 9.59 Å². The first-order valence-electron chi connectivity index (χ1n) is 11.0. The topological polar surface area (TPSA) is 67.3 Å². The van der Waals surface area contributed by atoms with Gasteiger partial charge >= 0.3 is 5.97 Å². The van der Waals surface area contributed by atoms with Gasteiger partial charge in [-0.25, -0.2) is 4.79 Å². The van der Waals surface area contributed by atoms with Gasteiger partial charge in [0.15, 0.2) is 5.78 Å². The lowest BCUT2D eigenvalue weighted by Crippen LogP contribution is -2.11. The second-order valence-electron chi connectivity index (χ2n) is 8.37. The molecule has 0 aliphatic heterocycles. The molecule has 1 aromatic heterocycles. The van der Waals surface area contributed by atoms with Crippen LogP contribution in [0.25, 0.3) is 11.1 Å². The number of carbonyl (C=O) groups is 2. The van der Waals surface area contributed by atoms with Gasteiger partial charge in [-0.3, -0.25) is 9.78 Å². The maximum Gasteiger partial charge on any atom is 0.335 e. The van der Waals surface area contributed by atoms with Crippen LogP contribution in [0.4, 0.5) is 0 Å². The van der Waals surface area contributed by atoms with Gasteiger partial charge in [0, 0.05) is 34.8 Å². The third-order valence-corrected chi connectivity index (χ3v) is 6.23. The predicted octanol–water partition coefficient (Wildman–Crippen LogP) is 7.12. The molecule has 0 saturated heterocycles. The van der Waals surface area contributed by atoms with Crippen molar-refractivity contribution in [1.82, 2.24) is 4.98 Å². The lowest BCUT2D eigenvalue weighted by Gasteiger charge is -2.20. The smallest absolute Gasteiger partial charge is 0.335 e. The third-order valence-electron chi connectivity index (χ3n) is 5.99. The standard InChI is InChI=1S/C29H24ClNO3/c1-18-15-25(30)11-12-26(18)27(17-28(32)24-13-14-31-19(2)16-24)22-7-3-20(4-8-22)21-5-9-23(10-6-21)29(33)34/h3-16,27H,17H2,1-2H3,(H,33,34)/t27-/m1/s1. The molecule has 0 aliphatic carbocycles. The Kier molecular flexibility index (Phi) is 6.90. The summed E-state index contributed by atoms with van der Waals surface area (Å²) in [7, 11) is 0. The number of Topliss-reactive ketones (excluding diaryl/α,β-unsaturated/α-hetero) is 1. The van der Waals surface area contributed by atoms with Crippen molar-refractivity contribution in [3.8, 4) is 11.1 Å². The first-order valence-corrected chi connectivity index (χ1v) is 11.3. The maximum absolute atomic E-state index is 13.2. The van der Waals surface area contributed by atoms with Crippen LogP contribution in [0.3, 0.4) is 0 Å². The fourth-order valence-corrected chi connectivity index (χ4v) is 4.40. The van der Waals surface area contributed by atoms with E-state index in [1.54, 1.807) is 36.5 Å². The quantitative estimate of drug-likeness (QED) is 0.292. The van der Waals surface area contributed by atoms with Crippen LogP contribution >= 0.6 is 11.6 Å². The number of carboxylic acids is 1. The van der Waals surface area contributed by atoms with Crippen LogP contribution in [0.15, 0.2) is 85.1 Å². The first kappa shape index (κ1) is 23.4. The number of carboxylic acid groups (broad SMARTS) is 1. The van der Waals surface area contributed by atoms with Crippen molar-refractivity contribution in [2.75, 3.05) is 0 Å². The van der Waals surface area contributed by atoms with Crippen molar-refractivity contribution in [2.24, 2.45) is 0 Å². The van der Waals surface area contributed by atoms with E-state index in [0.29, 0.717) is 17.0 Å². The highest BCUT2D eigenvalue weighted by atomic mass is 35.5. The molecule has 0 spiro atoms. The van der Waals surface area contributed by atoms with Crippen LogP contribution in [-0.4, -0.2) is 21.8 Å². The van der Waals surface area contributed by atoms with E-state index >= 15 is 0 Å². The van der Waals surface area contributed by atoms with Gasteiger partial charge in [-0.2, -0.15) is 0 Å². The summed E-state index contributed by atoms with van der Waals surface area (Å²) in [6, 6.07) is 24.2. The van der Waals surface area contributed by atoms with Gasteiger partial charge in [0.2, 0.25) is 0 Å². The van der Waals surface area contributed by atoms with Crippen molar-refractivity contribution in [3.05, 3.63) is 124 Å². The zero-order valence-corrected chi connectivity index (χ0v) is 19.7. The fourth-order valence-electron chi connectivity index (χ4n) is 4.17. The molecule has 1 N–H and O–H groups in total. The monoisotopic (exact) mass is 469 g/mol. The lowest BCUT2D eigenvalue weighted by molar-refractivity contribution is 0.0696. The highest BCUT2D eigenvalue weighted by molar-refractivity contribution is 6.30. The molecule has 0 unspecified atom stereocenters. The summed E-state index contributed by atoms with van der Waals surface area (Å²) in [5.41, 5.74) is 6.73. The fraction of sp³-hybridized carbons (Fsp3) is 0.138. The van der Waals surface area contributed by atoms with Crippen LogP contribution in [0.5, 0.6) is 0 Å². The first-order chi connectivity index (χ1) is 16.3. The average Bonchev–Trinajstić information content (AvgIpc) is 2.83. The second kappa shape index (κ2) is 10.0. The van der Waals surface area contributed by atoms with E-state index in [-0.39, 0.29) is 17.3 Å². The van der Waals surface area contributed by atoms with Gasteiger partial charge < -0.3 is 5.11 Å². The summed E-state index contributed by atoms with van der Waals surface area (Å²) in [5, 5.41) is 9.78. The molecule has 4 nitrogen and oxygen atoms in total. The van der Waals surface area contributed by atoms with Gasteiger partial charge in [-0.15, -0.1) is 0 Å². The number of benzene rings is 3. The Morgan fingerprint density at radius 2 is 1.50 bits per heavy atom. The number of rotatable bonds is 7. The molecule has 34 heavy (non-hydrogen) atoms. The Morgan fingerprint density at radius 3 is 2.09 bits per heavy atom. The minimum Gasteiger partial charge on any atom is -0.478 e. The second-order valence-corrected chi connectivity index (χ2v) is 8.81. The van der Waals surface area contributed by atoms with Crippen molar-refractivity contribution >= 4 is 23.4 Å². The molecular weight excluding hydrogens is 446 g/mol. The van der Waals surface area contributed by atoms with Gasteiger partial charge in [-0.05, 0) is 78.1 Å². The van der Waals surface area contributed by atoms with Crippen LogP contribution in [-0.2, 0) is 0 Å². The van der Waals surface area contributed by atoms with E-state index in [4.69, 9.17) is 16.7 Å². The molecule has 0 fully saturated rings. The van der Waals surface area contributed by atoms with Crippen LogP contribution in [0.2, 0.25) is 5.02 Å². The van der Waals surface area contributed by atoms with Crippen molar-refractivity contribution in [1.29, 1.82) is 0 Å². The molecule has 0 radical (unpaired) electrons. The van der Waals surface area contributed by atoms with Crippen molar-refractivity contribution in [2.45, 2.75) is 26.2 Å². The SMILES string of the molecule is Cc1cc(C(=O)C[C@H](c2ccc(-c3ccc(C(=O)O)cc3)cc2)c2ccc(Cl)cc2C)ccn1. The number of aryl methyl sites for hydroxylation is 2. The Labute approximate surface area is 203 Å². The summed E-state index contributed by atoms with van der Waals surface area (Å²) in [6.07, 6.45) is 1.98. The number of pyridine rings is 1. The molecule has 1 heterocycles. The largest absolute Gasteiger partial charge is 0.478 e. The minimum absolute atomic E-state index is 0.0539. The summed E-state index contributed by atoms with van der Waals surface area (Å²) < 4.78 is 0.